The van der Waals surface area contributed by atoms with E-state index in [1.54, 1.807) is 0 Å². The quantitative estimate of drug-likeness (QED) is 0.623. The van der Waals surface area contributed by atoms with E-state index in [9.17, 15) is 4.79 Å². The molecule has 2 aliphatic rings. The molecule has 0 aliphatic heterocycles. The van der Waals surface area contributed by atoms with Gasteiger partial charge in [-0.05, 0) is 99.8 Å². The maximum Gasteiger partial charge on any atom is 0.240 e. The first-order chi connectivity index (χ1) is 12.7. The molecular formula is C22H33ClN2OS. The number of hydrogen-bond acceptors (Lipinski definition) is 3. The average Bonchev–Trinajstić information content (AvgIpc) is 2.59. The van der Waals surface area contributed by atoms with Gasteiger partial charge in [0, 0.05) is 16.0 Å². The summed E-state index contributed by atoms with van der Waals surface area (Å²) in [6, 6.07) is 6.16. The van der Waals surface area contributed by atoms with Gasteiger partial charge in [-0.25, -0.2) is 4.72 Å². The van der Waals surface area contributed by atoms with Gasteiger partial charge in [0.1, 0.15) is 5.54 Å². The number of amides is 1. The van der Waals surface area contributed by atoms with E-state index in [-0.39, 0.29) is 5.91 Å². The van der Waals surface area contributed by atoms with Crippen LogP contribution in [0.25, 0.3) is 0 Å². The molecule has 0 spiro atoms. The Morgan fingerprint density at radius 3 is 2.67 bits per heavy atom. The van der Waals surface area contributed by atoms with Crippen LogP contribution in [0.15, 0.2) is 23.1 Å². The van der Waals surface area contributed by atoms with Gasteiger partial charge < -0.3 is 5.32 Å². The van der Waals surface area contributed by atoms with Gasteiger partial charge in [-0.2, -0.15) is 0 Å². The Hall–Kier alpha value is -0.710. The minimum absolute atomic E-state index is 0.0863. The smallest absolute Gasteiger partial charge is 0.240 e. The molecule has 2 saturated carbocycles. The van der Waals surface area contributed by atoms with E-state index in [1.165, 1.54) is 37.6 Å². The Kier molecular flexibility index (Phi) is 6.49. The zero-order valence-electron chi connectivity index (χ0n) is 17.1. The summed E-state index contributed by atoms with van der Waals surface area (Å²) in [5, 5.41) is 4.16. The molecule has 2 fully saturated rings. The van der Waals surface area contributed by atoms with E-state index < -0.39 is 5.54 Å². The van der Waals surface area contributed by atoms with Gasteiger partial charge in [-0.1, -0.05) is 31.5 Å². The molecule has 3 nitrogen and oxygen atoms in total. The Morgan fingerprint density at radius 1 is 1.19 bits per heavy atom. The lowest BCUT2D eigenvalue weighted by Gasteiger charge is -2.47. The van der Waals surface area contributed by atoms with E-state index in [1.807, 2.05) is 39.0 Å². The highest BCUT2D eigenvalue weighted by Gasteiger charge is 2.42. The van der Waals surface area contributed by atoms with Crippen LogP contribution in [0.4, 0.5) is 0 Å². The van der Waals surface area contributed by atoms with Crippen molar-refractivity contribution in [2.24, 2.45) is 23.7 Å². The summed E-state index contributed by atoms with van der Waals surface area (Å²) in [5.41, 5.74) is 0.382. The van der Waals surface area contributed by atoms with Gasteiger partial charge in [0.15, 0.2) is 0 Å². The highest BCUT2D eigenvalue weighted by Crippen LogP contribution is 2.45. The summed E-state index contributed by atoms with van der Waals surface area (Å²) in [6.45, 7) is 10.6. The van der Waals surface area contributed by atoms with Crippen molar-refractivity contribution in [3.63, 3.8) is 0 Å². The first kappa shape index (κ1) is 21.0. The van der Waals surface area contributed by atoms with E-state index in [2.05, 4.69) is 23.9 Å². The Morgan fingerprint density at radius 2 is 1.93 bits per heavy atom. The lowest BCUT2D eigenvalue weighted by molar-refractivity contribution is -0.128. The van der Waals surface area contributed by atoms with Crippen LogP contribution in [0.5, 0.6) is 0 Å². The normalized spacial score (nSPS) is 30.8. The highest BCUT2D eigenvalue weighted by molar-refractivity contribution is 7.97. The second-order valence-electron chi connectivity index (χ2n) is 9.34. The van der Waals surface area contributed by atoms with E-state index in [0.717, 1.165) is 27.3 Å². The van der Waals surface area contributed by atoms with E-state index in [4.69, 9.17) is 11.6 Å². The van der Waals surface area contributed by atoms with Crippen LogP contribution in [0.3, 0.4) is 0 Å². The van der Waals surface area contributed by atoms with Crippen LogP contribution >= 0.6 is 23.5 Å². The van der Waals surface area contributed by atoms with Crippen molar-refractivity contribution in [3.05, 3.63) is 28.8 Å². The van der Waals surface area contributed by atoms with Crippen LogP contribution < -0.4 is 10.0 Å². The number of nitrogens with one attached hydrogen (secondary N) is 2. The van der Waals surface area contributed by atoms with Crippen molar-refractivity contribution in [1.82, 2.24) is 10.0 Å². The molecule has 3 rings (SSSR count). The molecule has 1 amide bonds. The summed E-state index contributed by atoms with van der Waals surface area (Å²) < 4.78 is 3.36. The SMILES string of the molecule is Cc1c(Cl)cccc1SNC(C)(C)C(=O)NC1C(C)CC2CC(C)CC1C2. The monoisotopic (exact) mass is 408 g/mol. The third-order valence-corrected chi connectivity index (χ3v) is 8.09. The first-order valence-electron chi connectivity index (χ1n) is 10.2. The van der Waals surface area contributed by atoms with Crippen molar-refractivity contribution in [3.8, 4) is 0 Å². The standard InChI is InChI=1S/C22H33ClN2OS/c1-13-9-16-11-14(2)20(17(10-13)12-16)24-21(26)22(4,5)25-27-19-8-6-7-18(23)15(19)3/h6-8,13-14,16-17,20,25H,9-12H2,1-5H3,(H,24,26). The molecule has 0 saturated heterocycles. The maximum absolute atomic E-state index is 13.1. The Balaban J connectivity index is 1.62. The fourth-order valence-corrected chi connectivity index (χ4v) is 6.04. The van der Waals surface area contributed by atoms with Crippen molar-refractivity contribution in [2.45, 2.75) is 76.8 Å². The molecule has 5 atom stereocenters. The fourth-order valence-electron chi connectivity index (χ4n) is 4.94. The number of fused-ring (bicyclic) bond motifs is 2. The molecule has 5 heteroatoms. The predicted molar refractivity (Wildman–Crippen MR) is 115 cm³/mol. The number of hydrogen-bond donors (Lipinski definition) is 2. The van der Waals surface area contributed by atoms with Crippen LogP contribution in [0.1, 0.15) is 58.9 Å². The average molecular weight is 409 g/mol. The van der Waals surface area contributed by atoms with Crippen molar-refractivity contribution in [1.29, 1.82) is 0 Å². The molecule has 1 aromatic carbocycles. The maximum atomic E-state index is 13.1. The molecular weight excluding hydrogens is 376 g/mol. The molecule has 27 heavy (non-hydrogen) atoms. The van der Waals surface area contributed by atoms with Gasteiger partial charge in [-0.15, -0.1) is 0 Å². The minimum Gasteiger partial charge on any atom is -0.351 e. The molecule has 2 bridgehead atoms. The molecule has 2 aliphatic carbocycles. The van der Waals surface area contributed by atoms with Crippen LogP contribution in [-0.4, -0.2) is 17.5 Å². The number of carbonyl (C=O) groups is 1. The third-order valence-electron chi connectivity index (χ3n) is 6.40. The topological polar surface area (TPSA) is 41.1 Å². The van der Waals surface area contributed by atoms with Crippen molar-refractivity contribution in [2.75, 3.05) is 0 Å². The number of benzene rings is 1. The number of halogens is 1. The largest absolute Gasteiger partial charge is 0.351 e. The van der Waals surface area contributed by atoms with Gasteiger partial charge in [0.05, 0.1) is 0 Å². The first-order valence-corrected chi connectivity index (χ1v) is 11.4. The van der Waals surface area contributed by atoms with Gasteiger partial charge in [-0.3, -0.25) is 4.79 Å². The van der Waals surface area contributed by atoms with Crippen LogP contribution in [0.2, 0.25) is 5.02 Å². The van der Waals surface area contributed by atoms with Gasteiger partial charge in [0.2, 0.25) is 5.91 Å². The van der Waals surface area contributed by atoms with Crippen LogP contribution in [0, 0.1) is 30.6 Å². The highest BCUT2D eigenvalue weighted by atomic mass is 35.5. The van der Waals surface area contributed by atoms with Crippen LogP contribution in [-0.2, 0) is 4.79 Å². The second-order valence-corrected chi connectivity index (χ2v) is 10.6. The summed E-state index contributed by atoms with van der Waals surface area (Å²) in [7, 11) is 0. The molecule has 0 heterocycles. The van der Waals surface area contributed by atoms with E-state index in [0.29, 0.717) is 17.9 Å². The van der Waals surface area contributed by atoms with Gasteiger partial charge in [0.25, 0.3) is 0 Å². The van der Waals surface area contributed by atoms with Gasteiger partial charge >= 0.3 is 0 Å². The van der Waals surface area contributed by atoms with E-state index >= 15 is 0 Å². The minimum atomic E-state index is -0.656. The lowest BCUT2D eigenvalue weighted by atomic mass is 9.63. The Labute approximate surface area is 173 Å². The fraction of sp³-hybridized carbons (Fsp3) is 0.682. The van der Waals surface area contributed by atoms with Crippen molar-refractivity contribution < 1.29 is 4.79 Å². The zero-order chi connectivity index (χ0) is 19.8. The molecule has 2 N–H and O–H groups in total. The number of rotatable bonds is 5. The summed E-state index contributed by atoms with van der Waals surface area (Å²) >= 11 is 7.69. The molecule has 0 aromatic heterocycles. The number of carbonyl (C=O) groups excluding carboxylic acids is 1. The summed E-state index contributed by atoms with van der Waals surface area (Å²) in [4.78, 5) is 14.1. The molecule has 0 radical (unpaired) electrons. The molecule has 5 unspecified atom stereocenters. The zero-order valence-corrected chi connectivity index (χ0v) is 18.7. The predicted octanol–water partition coefficient (Wildman–Crippen LogP) is 5.60. The lowest BCUT2D eigenvalue weighted by Crippen LogP contribution is -2.58. The van der Waals surface area contributed by atoms with Crippen molar-refractivity contribution >= 4 is 29.5 Å². The molecule has 1 aromatic rings. The third kappa shape index (κ3) is 4.83. The summed E-state index contributed by atoms with van der Waals surface area (Å²) in [6.07, 6.45) is 5.14. The molecule has 150 valence electrons. The Bertz CT molecular complexity index is 689. The summed E-state index contributed by atoms with van der Waals surface area (Å²) in [5.74, 6) is 2.92. The second kappa shape index (κ2) is 8.34.